The molecule has 0 bridgehead atoms. The number of rotatable bonds is 7. The second kappa shape index (κ2) is 9.17. The first-order valence-electron chi connectivity index (χ1n) is 9.09. The van der Waals surface area contributed by atoms with E-state index in [1.807, 2.05) is 23.1 Å². The number of aryl methyl sites for hydroxylation is 1. The summed E-state index contributed by atoms with van der Waals surface area (Å²) in [7, 11) is 1.54. The van der Waals surface area contributed by atoms with E-state index in [2.05, 4.69) is 22.1 Å². The van der Waals surface area contributed by atoms with Crippen molar-refractivity contribution in [1.82, 2.24) is 14.9 Å². The predicted molar refractivity (Wildman–Crippen MR) is 98.2 cm³/mol. The van der Waals surface area contributed by atoms with Crippen LogP contribution in [0.15, 0.2) is 42.7 Å². The quantitative estimate of drug-likeness (QED) is 0.764. The maximum atomic E-state index is 12.5. The molecule has 1 aliphatic rings. The molecule has 1 atom stereocenters. The van der Waals surface area contributed by atoms with E-state index in [1.165, 1.54) is 5.56 Å². The van der Waals surface area contributed by atoms with Gasteiger partial charge >= 0.3 is 0 Å². The third kappa shape index (κ3) is 4.94. The Morgan fingerprint density at radius 1 is 1.19 bits per heavy atom. The van der Waals surface area contributed by atoms with Gasteiger partial charge in [0.15, 0.2) is 0 Å². The molecule has 1 aromatic carbocycles. The number of aromatic nitrogens is 2. The van der Waals surface area contributed by atoms with Gasteiger partial charge in [-0.15, -0.1) is 0 Å². The van der Waals surface area contributed by atoms with Gasteiger partial charge in [0, 0.05) is 25.4 Å². The highest BCUT2D eigenvalue weighted by atomic mass is 16.5. The molecule has 1 unspecified atom stereocenters. The second-order valence-corrected chi connectivity index (χ2v) is 6.43. The summed E-state index contributed by atoms with van der Waals surface area (Å²) in [5.41, 5.74) is 1.27. The van der Waals surface area contributed by atoms with Gasteiger partial charge < -0.3 is 14.4 Å². The summed E-state index contributed by atoms with van der Waals surface area (Å²) in [5.74, 6) is 0.956. The molecule has 1 fully saturated rings. The molecule has 1 aromatic heterocycles. The Bertz CT molecular complexity index is 708. The number of benzene rings is 1. The number of amides is 1. The van der Waals surface area contributed by atoms with E-state index in [0.717, 1.165) is 32.2 Å². The summed E-state index contributed by atoms with van der Waals surface area (Å²) in [6.07, 6.45) is 7.25. The normalized spacial score (nSPS) is 17.0. The van der Waals surface area contributed by atoms with Crippen LogP contribution in [0.25, 0.3) is 0 Å². The minimum absolute atomic E-state index is 0.0765. The average molecular weight is 355 g/mol. The van der Waals surface area contributed by atoms with Crippen molar-refractivity contribution < 1.29 is 14.3 Å². The number of piperidine rings is 1. The van der Waals surface area contributed by atoms with Crippen molar-refractivity contribution in [3.8, 4) is 11.8 Å². The van der Waals surface area contributed by atoms with Gasteiger partial charge in [-0.3, -0.25) is 4.79 Å². The molecule has 0 spiro atoms. The van der Waals surface area contributed by atoms with Gasteiger partial charge in [0.1, 0.15) is 6.10 Å². The number of methoxy groups -OCH3 is 1. The Morgan fingerprint density at radius 2 is 1.96 bits per heavy atom. The molecule has 0 radical (unpaired) electrons. The van der Waals surface area contributed by atoms with Crippen molar-refractivity contribution in [3.05, 3.63) is 48.3 Å². The zero-order valence-corrected chi connectivity index (χ0v) is 15.1. The van der Waals surface area contributed by atoms with E-state index in [0.29, 0.717) is 24.7 Å². The van der Waals surface area contributed by atoms with Crippen LogP contribution in [-0.4, -0.2) is 47.1 Å². The van der Waals surface area contributed by atoms with Crippen LogP contribution in [0.3, 0.4) is 0 Å². The molecular weight excluding hydrogens is 330 g/mol. The smallest absolute Gasteiger partial charge is 0.278 e. The fourth-order valence-electron chi connectivity index (χ4n) is 3.20. The van der Waals surface area contributed by atoms with Gasteiger partial charge in [-0.2, -0.15) is 0 Å². The molecule has 2 heterocycles. The Labute approximate surface area is 154 Å². The van der Waals surface area contributed by atoms with Crippen molar-refractivity contribution in [2.24, 2.45) is 0 Å². The molecule has 3 rings (SSSR count). The molecule has 2 aromatic rings. The standard InChI is InChI=1S/C20H25N3O3/c1-25-19-20(22-13-12-21-19)26-17-10-6-14-23(15-17)18(24)11-5-9-16-7-3-2-4-8-16/h2-4,7-8,12-13,17H,5-6,9-11,14-15H2,1H3. The number of carbonyl (C=O) groups is 1. The molecule has 1 amide bonds. The van der Waals surface area contributed by atoms with Gasteiger partial charge in [-0.25, -0.2) is 9.97 Å². The lowest BCUT2D eigenvalue weighted by molar-refractivity contribution is -0.133. The molecule has 6 heteroatoms. The number of hydrogen-bond donors (Lipinski definition) is 0. The molecule has 0 N–H and O–H groups in total. The van der Waals surface area contributed by atoms with Crippen LogP contribution in [0, 0.1) is 0 Å². The summed E-state index contributed by atoms with van der Waals surface area (Å²) >= 11 is 0. The molecule has 138 valence electrons. The van der Waals surface area contributed by atoms with Crippen LogP contribution in [0.2, 0.25) is 0 Å². The van der Waals surface area contributed by atoms with Gasteiger partial charge in [-0.1, -0.05) is 30.3 Å². The first kappa shape index (κ1) is 18.2. The van der Waals surface area contributed by atoms with E-state index in [4.69, 9.17) is 9.47 Å². The predicted octanol–water partition coefficient (Wildman–Crippen LogP) is 2.88. The zero-order chi connectivity index (χ0) is 18.2. The molecule has 1 aliphatic heterocycles. The van der Waals surface area contributed by atoms with Crippen molar-refractivity contribution in [1.29, 1.82) is 0 Å². The zero-order valence-electron chi connectivity index (χ0n) is 15.1. The molecule has 6 nitrogen and oxygen atoms in total. The maximum Gasteiger partial charge on any atom is 0.278 e. The lowest BCUT2D eigenvalue weighted by Gasteiger charge is -2.32. The minimum atomic E-state index is -0.0765. The Morgan fingerprint density at radius 3 is 2.73 bits per heavy atom. The molecule has 0 saturated carbocycles. The van der Waals surface area contributed by atoms with Crippen molar-refractivity contribution in [2.45, 2.75) is 38.2 Å². The van der Waals surface area contributed by atoms with Crippen LogP contribution in [0.1, 0.15) is 31.2 Å². The van der Waals surface area contributed by atoms with Gasteiger partial charge in [-0.05, 0) is 31.2 Å². The highest BCUT2D eigenvalue weighted by Crippen LogP contribution is 2.24. The highest BCUT2D eigenvalue weighted by Gasteiger charge is 2.26. The van der Waals surface area contributed by atoms with Crippen LogP contribution >= 0.6 is 0 Å². The minimum Gasteiger partial charge on any atom is -0.477 e. The second-order valence-electron chi connectivity index (χ2n) is 6.43. The average Bonchev–Trinajstić information content (AvgIpc) is 2.69. The first-order chi connectivity index (χ1) is 12.8. The summed E-state index contributed by atoms with van der Waals surface area (Å²) < 4.78 is 11.1. The topological polar surface area (TPSA) is 64.6 Å². The summed E-state index contributed by atoms with van der Waals surface area (Å²) in [5, 5.41) is 0. The van der Waals surface area contributed by atoms with Crippen LogP contribution < -0.4 is 9.47 Å². The molecule has 26 heavy (non-hydrogen) atoms. The SMILES string of the molecule is COc1nccnc1OC1CCCN(C(=O)CCCc2ccccc2)C1. The summed E-state index contributed by atoms with van der Waals surface area (Å²) in [6, 6.07) is 10.3. The Kier molecular flexibility index (Phi) is 6.41. The monoisotopic (exact) mass is 355 g/mol. The van der Waals surface area contributed by atoms with Gasteiger partial charge in [0.2, 0.25) is 5.91 Å². The van der Waals surface area contributed by atoms with E-state index in [1.54, 1.807) is 19.5 Å². The Balaban J connectivity index is 1.49. The van der Waals surface area contributed by atoms with E-state index in [9.17, 15) is 4.79 Å². The van der Waals surface area contributed by atoms with Crippen LogP contribution in [0.5, 0.6) is 11.8 Å². The number of carbonyl (C=O) groups excluding carboxylic acids is 1. The van der Waals surface area contributed by atoms with Crippen molar-refractivity contribution in [3.63, 3.8) is 0 Å². The third-order valence-corrected chi connectivity index (χ3v) is 4.53. The number of ether oxygens (including phenoxy) is 2. The third-order valence-electron chi connectivity index (χ3n) is 4.53. The van der Waals surface area contributed by atoms with Crippen molar-refractivity contribution in [2.75, 3.05) is 20.2 Å². The fourth-order valence-corrected chi connectivity index (χ4v) is 3.20. The number of hydrogen-bond acceptors (Lipinski definition) is 5. The van der Waals surface area contributed by atoms with E-state index < -0.39 is 0 Å². The lowest BCUT2D eigenvalue weighted by Crippen LogP contribution is -2.44. The van der Waals surface area contributed by atoms with Crippen LogP contribution in [-0.2, 0) is 11.2 Å². The van der Waals surface area contributed by atoms with E-state index in [-0.39, 0.29) is 12.0 Å². The largest absolute Gasteiger partial charge is 0.477 e. The molecule has 1 saturated heterocycles. The summed E-state index contributed by atoms with van der Waals surface area (Å²) in [4.78, 5) is 22.7. The fraction of sp³-hybridized carbons (Fsp3) is 0.450. The highest BCUT2D eigenvalue weighted by molar-refractivity contribution is 5.76. The van der Waals surface area contributed by atoms with Crippen molar-refractivity contribution >= 4 is 5.91 Å². The van der Waals surface area contributed by atoms with Crippen LogP contribution in [0.4, 0.5) is 0 Å². The van der Waals surface area contributed by atoms with Gasteiger partial charge in [0.25, 0.3) is 11.8 Å². The van der Waals surface area contributed by atoms with Gasteiger partial charge in [0.05, 0.1) is 13.7 Å². The first-order valence-corrected chi connectivity index (χ1v) is 9.09. The lowest BCUT2D eigenvalue weighted by atomic mass is 10.1. The maximum absolute atomic E-state index is 12.5. The summed E-state index contributed by atoms with van der Waals surface area (Å²) in [6.45, 7) is 1.38. The number of nitrogens with zero attached hydrogens (tertiary/aromatic N) is 3. The molecule has 0 aliphatic carbocycles. The molecular formula is C20H25N3O3. The van der Waals surface area contributed by atoms with E-state index >= 15 is 0 Å². The Hall–Kier alpha value is -2.63. The number of likely N-dealkylation sites (tertiary alicyclic amines) is 1.